The van der Waals surface area contributed by atoms with Gasteiger partial charge < -0.3 is 26.3 Å². The van der Waals surface area contributed by atoms with Crippen LogP contribution >= 0.6 is 23.4 Å². The van der Waals surface area contributed by atoms with E-state index in [1.807, 2.05) is 6.92 Å². The van der Waals surface area contributed by atoms with Gasteiger partial charge in [0.05, 0.1) is 15.9 Å². The summed E-state index contributed by atoms with van der Waals surface area (Å²) in [6, 6.07) is 6.94. The van der Waals surface area contributed by atoms with Gasteiger partial charge in [-0.25, -0.2) is 19.9 Å². The zero-order valence-electron chi connectivity index (χ0n) is 21.6. The molecule has 4 aromatic rings. The second-order valence-electron chi connectivity index (χ2n) is 10.8. The highest BCUT2D eigenvalue weighted by Crippen LogP contribution is 2.47. The highest BCUT2D eigenvalue weighted by atomic mass is 35.5. The van der Waals surface area contributed by atoms with Crippen LogP contribution in [0.4, 0.5) is 11.6 Å². The van der Waals surface area contributed by atoms with Crippen molar-refractivity contribution < 1.29 is 0 Å². The number of nitrogens with zero attached hydrogens (tertiary/aromatic N) is 6. The molecule has 0 bridgehead atoms. The fraction of sp³-hybridized carbons (Fsp3) is 0.481. The van der Waals surface area contributed by atoms with Crippen molar-refractivity contribution in [3.8, 4) is 0 Å². The Labute approximate surface area is 230 Å². The molecule has 1 saturated carbocycles. The van der Waals surface area contributed by atoms with E-state index in [4.69, 9.17) is 43.0 Å². The lowest BCUT2D eigenvalue weighted by Crippen LogP contribution is -2.40. The number of fused-ring (bicyclic) bond motifs is 3. The third-order valence-corrected chi connectivity index (χ3v) is 9.62. The molecule has 0 amide bonds. The van der Waals surface area contributed by atoms with Crippen molar-refractivity contribution in [2.45, 2.75) is 55.2 Å². The van der Waals surface area contributed by atoms with Crippen molar-refractivity contribution in [1.82, 2.24) is 24.9 Å². The summed E-state index contributed by atoms with van der Waals surface area (Å²) in [5.41, 5.74) is 15.1. The zero-order chi connectivity index (χ0) is 26.1. The summed E-state index contributed by atoms with van der Waals surface area (Å²) in [6.07, 6.45) is 2.77. The van der Waals surface area contributed by atoms with Crippen LogP contribution in [0, 0.1) is 18.8 Å². The van der Waals surface area contributed by atoms with Crippen LogP contribution in [-0.2, 0) is 6.42 Å². The average Bonchev–Trinajstić information content (AvgIpc) is 3.22. The van der Waals surface area contributed by atoms with E-state index in [-0.39, 0.29) is 6.04 Å². The van der Waals surface area contributed by atoms with Gasteiger partial charge in [0.15, 0.2) is 5.16 Å². The molecule has 9 nitrogen and oxygen atoms in total. The molecule has 7 rings (SSSR count). The summed E-state index contributed by atoms with van der Waals surface area (Å²) in [5.74, 6) is 3.76. The normalized spacial score (nSPS) is 23.6. The molecule has 1 aliphatic carbocycles. The lowest BCUT2D eigenvalue weighted by atomic mass is 10.1. The first kappa shape index (κ1) is 24.4. The van der Waals surface area contributed by atoms with E-state index in [0.717, 1.165) is 100 Å². The molecule has 3 aromatic heterocycles. The monoisotopic (exact) mass is 549 g/mol. The molecule has 5 N–H and O–H groups in total. The Morgan fingerprint density at radius 2 is 1.79 bits per heavy atom. The van der Waals surface area contributed by atoms with Gasteiger partial charge in [-0.3, -0.25) is 0 Å². The topological polar surface area (TPSA) is 126 Å². The first-order chi connectivity index (χ1) is 18.4. The Morgan fingerprint density at radius 1 is 1.03 bits per heavy atom. The van der Waals surface area contributed by atoms with Crippen molar-refractivity contribution in [3.63, 3.8) is 0 Å². The molecule has 38 heavy (non-hydrogen) atoms. The zero-order valence-corrected chi connectivity index (χ0v) is 23.2. The Hall–Kier alpha value is -2.66. The molecule has 2 aliphatic heterocycles. The highest BCUT2D eigenvalue weighted by molar-refractivity contribution is 7.99. The second kappa shape index (κ2) is 9.22. The van der Waals surface area contributed by atoms with Gasteiger partial charge in [-0.2, -0.15) is 0 Å². The maximum atomic E-state index is 6.80. The average molecular weight is 550 g/mol. The summed E-state index contributed by atoms with van der Waals surface area (Å²) < 4.78 is 0. The van der Waals surface area contributed by atoms with Gasteiger partial charge in [-0.15, -0.1) is 0 Å². The van der Waals surface area contributed by atoms with Gasteiger partial charge in [-0.05, 0) is 68.0 Å². The molecular formula is C27H32ClN9S. The summed E-state index contributed by atoms with van der Waals surface area (Å²) in [6.45, 7) is 7.72. The fourth-order valence-electron chi connectivity index (χ4n) is 6.06. The minimum absolute atomic E-state index is 0.275. The number of H-pyrrole nitrogens is 1. The van der Waals surface area contributed by atoms with Crippen LogP contribution < -0.4 is 21.3 Å². The Morgan fingerprint density at radius 3 is 2.53 bits per heavy atom. The van der Waals surface area contributed by atoms with Gasteiger partial charge >= 0.3 is 0 Å². The molecule has 2 unspecified atom stereocenters. The lowest BCUT2D eigenvalue weighted by Gasteiger charge is -2.31. The van der Waals surface area contributed by atoms with E-state index < -0.39 is 0 Å². The van der Waals surface area contributed by atoms with Gasteiger partial charge in [0.2, 0.25) is 0 Å². The number of aromatic amines is 1. The number of hydrogen-bond donors (Lipinski definition) is 3. The van der Waals surface area contributed by atoms with Crippen molar-refractivity contribution in [1.29, 1.82) is 0 Å². The number of anilines is 2. The van der Waals surface area contributed by atoms with E-state index in [2.05, 4.69) is 39.9 Å². The summed E-state index contributed by atoms with van der Waals surface area (Å²) in [5, 5.41) is 3.38. The van der Waals surface area contributed by atoms with Gasteiger partial charge in [-0.1, -0.05) is 18.5 Å². The maximum Gasteiger partial charge on any atom is 0.196 e. The van der Waals surface area contributed by atoms with Crippen LogP contribution in [-0.4, -0.2) is 63.2 Å². The molecule has 2 saturated heterocycles. The predicted octanol–water partition coefficient (Wildman–Crippen LogP) is 3.90. The van der Waals surface area contributed by atoms with E-state index in [1.54, 1.807) is 11.8 Å². The number of nitrogens with one attached hydrogen (secondary N) is 1. The number of benzene rings is 1. The quantitative estimate of drug-likeness (QED) is 0.318. The van der Waals surface area contributed by atoms with Crippen LogP contribution in [0.2, 0.25) is 5.02 Å². The van der Waals surface area contributed by atoms with Gasteiger partial charge in [0.25, 0.3) is 0 Å². The third-order valence-electron chi connectivity index (χ3n) is 8.34. The molecule has 3 fully saturated rings. The number of aryl methyl sites for hydroxylation is 2. The van der Waals surface area contributed by atoms with Crippen LogP contribution in [0.15, 0.2) is 28.3 Å². The fourth-order valence-corrected chi connectivity index (χ4v) is 7.20. The molecule has 0 spiro atoms. The third kappa shape index (κ3) is 4.09. The number of halogens is 1. The predicted molar refractivity (Wildman–Crippen MR) is 153 cm³/mol. The smallest absolute Gasteiger partial charge is 0.196 e. The Bertz CT molecular complexity index is 1540. The molecule has 5 heterocycles. The van der Waals surface area contributed by atoms with Crippen LogP contribution in [0.1, 0.15) is 31.3 Å². The molecule has 3 aliphatic rings. The van der Waals surface area contributed by atoms with Crippen LogP contribution in [0.5, 0.6) is 0 Å². The van der Waals surface area contributed by atoms with E-state index in [1.165, 1.54) is 0 Å². The minimum Gasteiger partial charge on any atom is -0.356 e. The number of aromatic nitrogens is 5. The summed E-state index contributed by atoms with van der Waals surface area (Å²) in [7, 11) is 0. The van der Waals surface area contributed by atoms with Crippen molar-refractivity contribution in [2.75, 3.05) is 36.0 Å². The molecule has 2 atom stereocenters. The summed E-state index contributed by atoms with van der Waals surface area (Å²) in [4.78, 5) is 28.6. The van der Waals surface area contributed by atoms with E-state index in [0.29, 0.717) is 23.0 Å². The molecule has 11 heteroatoms. The standard InChI is InChI=1S/C27H32ClN9S/c1-3-19-22(28)21-24(33-19)34-27(35-26(21)37-11-17-18(12-37)23(17)30)38-15-4-5-16-20(10-15)31-13(2)32-25(16)36-8-6-14(29)7-9-36/h4-5,10,14,17-18,23H,3,6-9,11-12,29-30H2,1-2H3,(H,33,34,35). The van der Waals surface area contributed by atoms with Crippen molar-refractivity contribution >= 4 is 56.9 Å². The van der Waals surface area contributed by atoms with Crippen molar-refractivity contribution in [2.24, 2.45) is 23.3 Å². The second-order valence-corrected chi connectivity index (χ2v) is 12.3. The molecule has 0 radical (unpaired) electrons. The van der Waals surface area contributed by atoms with Gasteiger partial charge in [0.1, 0.15) is 23.1 Å². The van der Waals surface area contributed by atoms with E-state index >= 15 is 0 Å². The van der Waals surface area contributed by atoms with Gasteiger partial charge in [0, 0.05) is 54.2 Å². The van der Waals surface area contributed by atoms with Crippen molar-refractivity contribution in [3.05, 3.63) is 34.7 Å². The van der Waals surface area contributed by atoms with Crippen LogP contribution in [0.3, 0.4) is 0 Å². The largest absolute Gasteiger partial charge is 0.356 e. The van der Waals surface area contributed by atoms with E-state index in [9.17, 15) is 0 Å². The number of nitrogens with two attached hydrogens (primary N) is 2. The number of hydrogen-bond acceptors (Lipinski definition) is 9. The lowest BCUT2D eigenvalue weighted by molar-refractivity contribution is 0.499. The highest BCUT2D eigenvalue weighted by Gasteiger charge is 2.54. The molecule has 198 valence electrons. The maximum absolute atomic E-state index is 6.80. The first-order valence-electron chi connectivity index (χ1n) is 13.4. The minimum atomic E-state index is 0.275. The Kier molecular flexibility index (Phi) is 5.92. The first-order valence-corrected chi connectivity index (χ1v) is 14.6. The van der Waals surface area contributed by atoms with Crippen LogP contribution in [0.25, 0.3) is 21.9 Å². The Balaban J connectivity index is 1.24. The molecule has 1 aromatic carbocycles. The number of rotatable bonds is 5. The molecular weight excluding hydrogens is 518 g/mol. The SMILES string of the molecule is CCc1[nH]c2nc(Sc3ccc4c(N5CCC(N)CC5)nc(C)nc4c3)nc(N3CC4C(N)C4C3)c2c1Cl. The number of piperidine rings is 2. The summed E-state index contributed by atoms with van der Waals surface area (Å²) >= 11 is 8.35.